The standard InChI is InChI=1S/C18H15N3O4/c22-15(9-10-16(23)24)19-12-6-2-1-5-11(12)17-18(25)21-14-8-4-3-7-13(14)20-17/h1-8,17H,9-10H2,(H,19,22)(H,23,24). The fraction of sp³-hybridized carbons (Fsp3) is 0.167. The first-order chi connectivity index (χ1) is 12.0. The maximum atomic E-state index is 12.4. The second-order valence-electron chi connectivity index (χ2n) is 5.50. The van der Waals surface area contributed by atoms with E-state index in [0.717, 1.165) is 0 Å². The number of nitrogens with zero attached hydrogens (tertiary/aromatic N) is 2. The van der Waals surface area contributed by atoms with Crippen LogP contribution in [0.5, 0.6) is 0 Å². The molecule has 1 aliphatic heterocycles. The molecule has 0 spiro atoms. The van der Waals surface area contributed by atoms with E-state index in [9.17, 15) is 14.4 Å². The molecule has 0 fully saturated rings. The van der Waals surface area contributed by atoms with E-state index in [1.54, 1.807) is 42.5 Å². The molecule has 25 heavy (non-hydrogen) atoms. The number of fused-ring (bicyclic) bond motifs is 1. The van der Waals surface area contributed by atoms with E-state index in [2.05, 4.69) is 15.3 Å². The largest absolute Gasteiger partial charge is 0.481 e. The van der Waals surface area contributed by atoms with E-state index in [-0.39, 0.29) is 12.8 Å². The van der Waals surface area contributed by atoms with Gasteiger partial charge in [0.2, 0.25) is 5.91 Å². The zero-order chi connectivity index (χ0) is 17.8. The van der Waals surface area contributed by atoms with Crippen molar-refractivity contribution in [1.82, 2.24) is 0 Å². The van der Waals surface area contributed by atoms with Crippen LogP contribution in [0.15, 0.2) is 58.5 Å². The Bertz CT molecular complexity index is 968. The molecule has 126 valence electrons. The van der Waals surface area contributed by atoms with Crippen LogP contribution in [0.4, 0.5) is 5.69 Å². The van der Waals surface area contributed by atoms with Crippen molar-refractivity contribution in [2.75, 3.05) is 5.32 Å². The normalized spacial score (nSPS) is 15.5. The van der Waals surface area contributed by atoms with E-state index in [4.69, 9.17) is 5.11 Å². The van der Waals surface area contributed by atoms with Gasteiger partial charge in [-0.2, -0.15) is 0 Å². The molecule has 0 aromatic heterocycles. The highest BCUT2D eigenvalue weighted by Crippen LogP contribution is 2.27. The lowest BCUT2D eigenvalue weighted by Crippen LogP contribution is -2.33. The molecule has 7 nitrogen and oxygen atoms in total. The summed E-state index contributed by atoms with van der Waals surface area (Å²) < 4.78 is 0. The SMILES string of the molecule is O=C(O)CCC(=O)Nc1ccccc1C1N=c2ccccc2=NC1=O. The molecular weight excluding hydrogens is 322 g/mol. The summed E-state index contributed by atoms with van der Waals surface area (Å²) >= 11 is 0. The van der Waals surface area contributed by atoms with Crippen LogP contribution in [0.3, 0.4) is 0 Å². The van der Waals surface area contributed by atoms with Crippen LogP contribution < -0.4 is 16.0 Å². The molecule has 0 radical (unpaired) electrons. The third-order valence-electron chi connectivity index (χ3n) is 3.71. The summed E-state index contributed by atoms with van der Waals surface area (Å²) in [5.41, 5.74) is 0.948. The highest BCUT2D eigenvalue weighted by molar-refractivity contribution is 5.95. The lowest BCUT2D eigenvalue weighted by molar-refractivity contribution is -0.138. The van der Waals surface area contributed by atoms with Gasteiger partial charge >= 0.3 is 5.97 Å². The zero-order valence-corrected chi connectivity index (χ0v) is 13.2. The van der Waals surface area contributed by atoms with E-state index in [1.165, 1.54) is 0 Å². The van der Waals surface area contributed by atoms with Gasteiger partial charge in [-0.05, 0) is 18.2 Å². The molecule has 0 saturated heterocycles. The van der Waals surface area contributed by atoms with Gasteiger partial charge in [0.15, 0.2) is 6.04 Å². The Balaban J connectivity index is 1.91. The van der Waals surface area contributed by atoms with Crippen LogP contribution >= 0.6 is 0 Å². The van der Waals surface area contributed by atoms with Gasteiger partial charge in [0.05, 0.1) is 17.1 Å². The molecule has 3 rings (SSSR count). The number of carboxylic acid groups (broad SMARTS) is 1. The van der Waals surface area contributed by atoms with Gasteiger partial charge in [-0.25, -0.2) is 4.99 Å². The Kier molecular flexibility index (Phi) is 4.65. The van der Waals surface area contributed by atoms with Crippen LogP contribution in [0, 0.1) is 0 Å². The van der Waals surface area contributed by atoms with Crippen LogP contribution in [0.1, 0.15) is 24.4 Å². The van der Waals surface area contributed by atoms with E-state index < -0.39 is 23.8 Å². The fourth-order valence-electron chi connectivity index (χ4n) is 2.53. The number of hydrogen-bond acceptors (Lipinski definition) is 4. The Labute approximate surface area is 142 Å². The summed E-state index contributed by atoms with van der Waals surface area (Å²) in [6, 6.07) is 13.0. The molecule has 1 aliphatic rings. The van der Waals surface area contributed by atoms with Gasteiger partial charge in [-0.15, -0.1) is 0 Å². The van der Waals surface area contributed by atoms with Gasteiger partial charge in [-0.3, -0.25) is 19.4 Å². The molecular formula is C18H15N3O4. The molecule has 2 N–H and O–H groups in total. The van der Waals surface area contributed by atoms with Gasteiger partial charge in [0.1, 0.15) is 0 Å². The number of carbonyl (C=O) groups is 3. The zero-order valence-electron chi connectivity index (χ0n) is 13.2. The average Bonchev–Trinajstić information content (AvgIpc) is 2.60. The van der Waals surface area contributed by atoms with Crippen molar-refractivity contribution in [3.8, 4) is 0 Å². The molecule has 2 aromatic carbocycles. The van der Waals surface area contributed by atoms with Gasteiger partial charge < -0.3 is 10.4 Å². The topological polar surface area (TPSA) is 108 Å². The monoisotopic (exact) mass is 337 g/mol. The molecule has 0 bridgehead atoms. The number of carboxylic acids is 1. The minimum atomic E-state index is -1.05. The summed E-state index contributed by atoms with van der Waals surface area (Å²) in [6.07, 6.45) is -0.407. The van der Waals surface area contributed by atoms with Crippen molar-refractivity contribution >= 4 is 23.5 Å². The number of carbonyl (C=O) groups excluding carboxylic acids is 2. The predicted molar refractivity (Wildman–Crippen MR) is 88.4 cm³/mol. The fourth-order valence-corrected chi connectivity index (χ4v) is 2.53. The molecule has 1 heterocycles. The second-order valence-corrected chi connectivity index (χ2v) is 5.50. The van der Waals surface area contributed by atoms with Crippen LogP contribution in [0.25, 0.3) is 0 Å². The Morgan fingerprint density at radius 1 is 1.00 bits per heavy atom. The van der Waals surface area contributed by atoms with Crippen LogP contribution in [-0.4, -0.2) is 22.9 Å². The van der Waals surface area contributed by atoms with Gasteiger partial charge in [-0.1, -0.05) is 30.3 Å². The Hall–Kier alpha value is -3.35. The molecule has 1 atom stereocenters. The number of aliphatic carboxylic acids is 1. The van der Waals surface area contributed by atoms with Crippen molar-refractivity contribution in [2.45, 2.75) is 18.9 Å². The summed E-state index contributed by atoms with van der Waals surface area (Å²) in [5.74, 6) is -1.89. The first-order valence-electron chi connectivity index (χ1n) is 7.70. The first-order valence-corrected chi connectivity index (χ1v) is 7.70. The Morgan fingerprint density at radius 3 is 2.44 bits per heavy atom. The van der Waals surface area contributed by atoms with Crippen molar-refractivity contribution in [2.24, 2.45) is 9.98 Å². The Morgan fingerprint density at radius 2 is 1.68 bits per heavy atom. The van der Waals surface area contributed by atoms with Crippen molar-refractivity contribution in [3.05, 3.63) is 64.8 Å². The number of para-hydroxylation sites is 3. The minimum absolute atomic E-state index is 0.146. The van der Waals surface area contributed by atoms with Crippen molar-refractivity contribution in [1.29, 1.82) is 0 Å². The van der Waals surface area contributed by atoms with E-state index in [1.807, 2.05) is 6.07 Å². The number of benzene rings is 2. The van der Waals surface area contributed by atoms with E-state index in [0.29, 0.717) is 22.0 Å². The lowest BCUT2D eigenvalue weighted by atomic mass is 10.0. The number of rotatable bonds is 5. The average molecular weight is 337 g/mol. The quantitative estimate of drug-likeness (QED) is 0.849. The van der Waals surface area contributed by atoms with Crippen molar-refractivity contribution < 1.29 is 19.5 Å². The summed E-state index contributed by atoms with van der Waals surface area (Å²) in [7, 11) is 0. The van der Waals surface area contributed by atoms with E-state index >= 15 is 0 Å². The lowest BCUT2D eigenvalue weighted by Gasteiger charge is -2.16. The van der Waals surface area contributed by atoms with Crippen molar-refractivity contribution in [3.63, 3.8) is 0 Å². The highest BCUT2D eigenvalue weighted by atomic mass is 16.4. The summed E-state index contributed by atoms with van der Waals surface area (Å²) in [6.45, 7) is 0. The minimum Gasteiger partial charge on any atom is -0.481 e. The number of hydrogen-bond donors (Lipinski definition) is 2. The maximum absolute atomic E-state index is 12.4. The maximum Gasteiger partial charge on any atom is 0.303 e. The van der Waals surface area contributed by atoms with Crippen LogP contribution in [0.2, 0.25) is 0 Å². The van der Waals surface area contributed by atoms with Gasteiger partial charge in [0.25, 0.3) is 5.91 Å². The summed E-state index contributed by atoms with van der Waals surface area (Å²) in [5, 5.41) is 12.4. The number of amides is 2. The molecule has 0 aliphatic carbocycles. The first kappa shape index (κ1) is 16.5. The second kappa shape index (κ2) is 7.04. The molecule has 2 amide bonds. The van der Waals surface area contributed by atoms with Gasteiger partial charge in [0, 0.05) is 17.7 Å². The third kappa shape index (κ3) is 3.77. The number of nitrogens with one attached hydrogen (secondary N) is 1. The molecule has 0 saturated carbocycles. The highest BCUT2D eigenvalue weighted by Gasteiger charge is 2.24. The number of anilines is 1. The summed E-state index contributed by atoms with van der Waals surface area (Å²) in [4.78, 5) is 43.4. The molecule has 7 heteroatoms. The predicted octanol–water partition coefficient (Wildman–Crippen LogP) is 1.01. The third-order valence-corrected chi connectivity index (χ3v) is 3.71. The smallest absolute Gasteiger partial charge is 0.303 e. The molecule has 1 unspecified atom stereocenters. The molecule has 2 aromatic rings. The van der Waals surface area contributed by atoms with Crippen LogP contribution in [-0.2, 0) is 14.4 Å².